The van der Waals surface area contributed by atoms with E-state index in [-0.39, 0.29) is 5.12 Å². The van der Waals surface area contributed by atoms with Crippen LogP contribution in [-0.4, -0.2) is 37.2 Å². The minimum Gasteiger partial charge on any atom is -0.493 e. The summed E-state index contributed by atoms with van der Waals surface area (Å²) in [6.45, 7) is 1.90. The van der Waals surface area contributed by atoms with Crippen molar-refractivity contribution < 1.29 is 23.9 Å². The summed E-state index contributed by atoms with van der Waals surface area (Å²) in [5.74, 6) is -0.0895. The number of ether oxygens (including phenoxy) is 2. The molecule has 7 nitrogen and oxygen atoms in total. The van der Waals surface area contributed by atoms with E-state index >= 15 is 0 Å². The fourth-order valence-corrected chi connectivity index (χ4v) is 3.54. The van der Waals surface area contributed by atoms with E-state index in [4.69, 9.17) is 15.2 Å². The van der Waals surface area contributed by atoms with Crippen molar-refractivity contribution in [3.63, 3.8) is 0 Å². The van der Waals surface area contributed by atoms with Crippen LogP contribution in [-0.2, 0) is 4.79 Å². The number of nitrogens with one attached hydrogen (secondary N) is 1. The van der Waals surface area contributed by atoms with Crippen LogP contribution in [0.2, 0.25) is 0 Å². The third kappa shape index (κ3) is 5.74. The maximum absolute atomic E-state index is 12.8. The molecule has 29 heavy (non-hydrogen) atoms. The SMILES string of the molecule is CCC[C@H](NC(=O)c1ccccc1SC(=O)c1ccc(OC)c(OC)c1)C(N)=O. The summed E-state index contributed by atoms with van der Waals surface area (Å²) in [5, 5.41) is 2.39. The molecule has 0 heterocycles. The molecule has 2 rings (SSSR count). The number of thioether (sulfide) groups is 1. The third-order valence-electron chi connectivity index (χ3n) is 4.18. The van der Waals surface area contributed by atoms with E-state index in [2.05, 4.69) is 5.32 Å². The van der Waals surface area contributed by atoms with Crippen LogP contribution in [0.3, 0.4) is 0 Å². The van der Waals surface area contributed by atoms with Gasteiger partial charge in [-0.2, -0.15) is 0 Å². The van der Waals surface area contributed by atoms with Gasteiger partial charge in [-0.3, -0.25) is 14.4 Å². The van der Waals surface area contributed by atoms with Gasteiger partial charge in [0.2, 0.25) is 11.0 Å². The van der Waals surface area contributed by atoms with E-state index in [0.717, 1.165) is 11.8 Å². The van der Waals surface area contributed by atoms with Gasteiger partial charge >= 0.3 is 0 Å². The second-order valence-corrected chi connectivity index (χ2v) is 7.19. The predicted molar refractivity (Wildman–Crippen MR) is 112 cm³/mol. The van der Waals surface area contributed by atoms with Gasteiger partial charge in [-0.25, -0.2) is 0 Å². The molecule has 0 aliphatic rings. The summed E-state index contributed by atoms with van der Waals surface area (Å²) in [5.41, 5.74) is 6.07. The fourth-order valence-electron chi connectivity index (χ4n) is 2.68. The number of carbonyl (C=O) groups is 3. The zero-order chi connectivity index (χ0) is 21.4. The highest BCUT2D eigenvalue weighted by atomic mass is 32.2. The number of amides is 2. The molecule has 0 saturated heterocycles. The maximum atomic E-state index is 12.8. The third-order valence-corrected chi connectivity index (χ3v) is 5.18. The summed E-state index contributed by atoms with van der Waals surface area (Å²) in [6.07, 6.45) is 1.14. The molecule has 2 aromatic rings. The second kappa shape index (κ2) is 10.5. The average molecular weight is 416 g/mol. The van der Waals surface area contributed by atoms with Crippen molar-refractivity contribution in [3.05, 3.63) is 53.6 Å². The molecule has 0 aromatic heterocycles. The van der Waals surface area contributed by atoms with Crippen molar-refractivity contribution in [1.82, 2.24) is 5.32 Å². The summed E-state index contributed by atoms with van der Waals surface area (Å²) in [6, 6.07) is 10.8. The van der Waals surface area contributed by atoms with Gasteiger partial charge < -0.3 is 20.5 Å². The Morgan fingerprint density at radius 1 is 1.07 bits per heavy atom. The molecule has 2 aromatic carbocycles. The van der Waals surface area contributed by atoms with Crippen LogP contribution >= 0.6 is 11.8 Å². The highest BCUT2D eigenvalue weighted by Gasteiger charge is 2.21. The molecular weight excluding hydrogens is 392 g/mol. The first kappa shape index (κ1) is 22.3. The Morgan fingerprint density at radius 2 is 1.76 bits per heavy atom. The Kier molecular flexibility index (Phi) is 8.09. The number of nitrogens with two attached hydrogens (primary N) is 1. The van der Waals surface area contributed by atoms with Gasteiger partial charge in [-0.05, 0) is 48.5 Å². The summed E-state index contributed by atoms with van der Waals surface area (Å²) < 4.78 is 10.4. The molecule has 0 radical (unpaired) electrons. The number of carbonyl (C=O) groups excluding carboxylic acids is 3. The van der Waals surface area contributed by atoms with E-state index < -0.39 is 17.9 Å². The number of rotatable bonds is 9. The Balaban J connectivity index is 2.23. The van der Waals surface area contributed by atoms with E-state index in [9.17, 15) is 14.4 Å². The van der Waals surface area contributed by atoms with Gasteiger partial charge in [-0.1, -0.05) is 25.5 Å². The zero-order valence-electron chi connectivity index (χ0n) is 16.6. The fraction of sp³-hybridized carbons (Fsp3) is 0.286. The minimum atomic E-state index is -0.757. The van der Waals surface area contributed by atoms with Gasteiger partial charge in [-0.15, -0.1) is 0 Å². The number of benzene rings is 2. The Hall–Kier alpha value is -3.00. The van der Waals surface area contributed by atoms with Crippen LogP contribution in [0.1, 0.15) is 40.5 Å². The summed E-state index contributed by atoms with van der Waals surface area (Å²) in [7, 11) is 3.01. The molecule has 0 unspecified atom stereocenters. The highest BCUT2D eigenvalue weighted by molar-refractivity contribution is 8.14. The van der Waals surface area contributed by atoms with Crippen LogP contribution < -0.4 is 20.5 Å². The van der Waals surface area contributed by atoms with E-state index in [1.807, 2.05) is 6.92 Å². The first-order valence-corrected chi connectivity index (χ1v) is 9.86. The van der Waals surface area contributed by atoms with Crippen molar-refractivity contribution in [2.75, 3.05) is 14.2 Å². The van der Waals surface area contributed by atoms with Gasteiger partial charge in [0.15, 0.2) is 11.5 Å². The minimum absolute atomic E-state index is 0.258. The van der Waals surface area contributed by atoms with Gasteiger partial charge in [0.1, 0.15) is 6.04 Å². The molecule has 2 amide bonds. The van der Waals surface area contributed by atoms with Crippen LogP contribution in [0, 0.1) is 0 Å². The number of hydrogen-bond donors (Lipinski definition) is 2. The van der Waals surface area contributed by atoms with Gasteiger partial charge in [0.25, 0.3) is 5.91 Å². The molecule has 1 atom stereocenters. The van der Waals surface area contributed by atoms with Crippen LogP contribution in [0.15, 0.2) is 47.4 Å². The number of hydrogen-bond acceptors (Lipinski definition) is 6. The maximum Gasteiger partial charge on any atom is 0.253 e. The lowest BCUT2D eigenvalue weighted by Crippen LogP contribution is -2.44. The van der Waals surface area contributed by atoms with Crippen molar-refractivity contribution in [1.29, 1.82) is 0 Å². The summed E-state index contributed by atoms with van der Waals surface area (Å²) in [4.78, 5) is 37.4. The highest BCUT2D eigenvalue weighted by Crippen LogP contribution is 2.32. The average Bonchev–Trinajstić information content (AvgIpc) is 2.72. The van der Waals surface area contributed by atoms with Gasteiger partial charge in [0.05, 0.1) is 19.8 Å². The lowest BCUT2D eigenvalue weighted by Gasteiger charge is -2.16. The lowest BCUT2D eigenvalue weighted by molar-refractivity contribution is -0.120. The molecule has 0 aliphatic carbocycles. The standard InChI is InChI=1S/C21H24N2O5S/c1-4-7-15(19(22)24)23-20(25)14-8-5-6-9-18(14)29-21(26)13-10-11-16(27-2)17(12-13)28-3/h5-6,8-12,15H,4,7H2,1-3H3,(H2,22,24)(H,23,25)/t15-/m0/s1. The quantitative estimate of drug-likeness (QED) is 0.609. The summed E-state index contributed by atoms with van der Waals surface area (Å²) >= 11 is 0.921. The van der Waals surface area contributed by atoms with Crippen molar-refractivity contribution in [2.45, 2.75) is 30.7 Å². The number of methoxy groups -OCH3 is 2. The molecule has 0 bridgehead atoms. The van der Waals surface area contributed by atoms with Crippen molar-refractivity contribution in [3.8, 4) is 11.5 Å². The molecule has 3 N–H and O–H groups in total. The molecular formula is C21H24N2O5S. The van der Waals surface area contributed by atoms with E-state index in [0.29, 0.717) is 40.4 Å². The Bertz CT molecular complexity index is 900. The normalized spacial score (nSPS) is 11.4. The monoisotopic (exact) mass is 416 g/mol. The smallest absolute Gasteiger partial charge is 0.253 e. The first-order valence-electron chi connectivity index (χ1n) is 9.04. The van der Waals surface area contributed by atoms with Crippen molar-refractivity contribution in [2.24, 2.45) is 5.73 Å². The number of primary amides is 1. The van der Waals surface area contributed by atoms with Crippen LogP contribution in [0.25, 0.3) is 0 Å². The topological polar surface area (TPSA) is 108 Å². The largest absolute Gasteiger partial charge is 0.493 e. The molecule has 0 aliphatic heterocycles. The van der Waals surface area contributed by atoms with Crippen LogP contribution in [0.4, 0.5) is 0 Å². The molecule has 0 spiro atoms. The molecule has 0 fully saturated rings. The van der Waals surface area contributed by atoms with Crippen LogP contribution in [0.5, 0.6) is 11.5 Å². The Morgan fingerprint density at radius 3 is 2.38 bits per heavy atom. The van der Waals surface area contributed by atoms with Gasteiger partial charge in [0, 0.05) is 10.5 Å². The zero-order valence-corrected chi connectivity index (χ0v) is 17.4. The first-order chi connectivity index (χ1) is 13.9. The lowest BCUT2D eigenvalue weighted by atomic mass is 10.1. The van der Waals surface area contributed by atoms with Crippen molar-refractivity contribution >= 4 is 28.7 Å². The molecule has 8 heteroatoms. The predicted octanol–water partition coefficient (Wildman–Crippen LogP) is 3.02. The molecule has 154 valence electrons. The van der Waals surface area contributed by atoms with E-state index in [1.54, 1.807) is 42.5 Å². The van der Waals surface area contributed by atoms with E-state index in [1.165, 1.54) is 14.2 Å². The second-order valence-electron chi connectivity index (χ2n) is 6.17. The Labute approximate surface area is 173 Å². The molecule has 0 saturated carbocycles.